The molecule has 18 heavy (non-hydrogen) atoms. The van der Waals surface area contributed by atoms with Crippen LogP contribution in [0.25, 0.3) is 10.6 Å². The number of aryl methyl sites for hydroxylation is 1. The molecule has 2 aromatic rings. The van der Waals surface area contributed by atoms with Crippen LogP contribution in [-0.4, -0.2) is 12.1 Å². The van der Waals surface area contributed by atoms with Gasteiger partial charge in [-0.25, -0.2) is 4.98 Å². The number of ether oxygens (including phenoxy) is 1. The third-order valence-corrected chi connectivity index (χ3v) is 4.19. The van der Waals surface area contributed by atoms with Crippen LogP contribution >= 0.6 is 11.3 Å². The summed E-state index contributed by atoms with van der Waals surface area (Å²) in [6.45, 7) is 4.60. The number of hydrogen-bond donors (Lipinski definition) is 1. The number of rotatable bonds is 4. The zero-order valence-electron chi connectivity index (χ0n) is 10.9. The van der Waals surface area contributed by atoms with Crippen molar-refractivity contribution in [3.63, 3.8) is 0 Å². The van der Waals surface area contributed by atoms with Gasteiger partial charge in [0.2, 0.25) is 0 Å². The number of nitrogens with zero attached hydrogens (tertiary/aromatic N) is 1. The summed E-state index contributed by atoms with van der Waals surface area (Å²) in [5.74, 6) is 0. The normalized spacial score (nSPS) is 12.7. The summed E-state index contributed by atoms with van der Waals surface area (Å²) in [6.07, 6.45) is 0. The van der Waals surface area contributed by atoms with Crippen LogP contribution in [0.1, 0.15) is 29.1 Å². The van der Waals surface area contributed by atoms with Gasteiger partial charge in [0.15, 0.2) is 0 Å². The van der Waals surface area contributed by atoms with Crippen molar-refractivity contribution in [3.8, 4) is 10.6 Å². The number of nitrogens with two attached hydrogens (primary N) is 1. The van der Waals surface area contributed by atoms with E-state index in [1.54, 1.807) is 18.4 Å². The van der Waals surface area contributed by atoms with Crippen LogP contribution in [-0.2, 0) is 11.3 Å². The van der Waals surface area contributed by atoms with Gasteiger partial charge in [-0.2, -0.15) is 0 Å². The Kier molecular flexibility index (Phi) is 4.11. The van der Waals surface area contributed by atoms with Gasteiger partial charge in [-0.3, -0.25) is 0 Å². The molecule has 0 radical (unpaired) electrons. The number of aromatic nitrogens is 1. The lowest BCUT2D eigenvalue weighted by Crippen LogP contribution is -2.03. The van der Waals surface area contributed by atoms with E-state index >= 15 is 0 Å². The Hall–Kier alpha value is -1.23. The van der Waals surface area contributed by atoms with E-state index in [4.69, 9.17) is 10.5 Å². The first-order valence-corrected chi connectivity index (χ1v) is 6.75. The van der Waals surface area contributed by atoms with Gasteiger partial charge in [0.25, 0.3) is 0 Å². The third-order valence-electron chi connectivity index (χ3n) is 2.79. The molecule has 0 aliphatic carbocycles. The van der Waals surface area contributed by atoms with Crippen LogP contribution in [0.4, 0.5) is 0 Å². The second-order valence-corrected chi connectivity index (χ2v) is 5.38. The molecule has 96 valence electrons. The zero-order chi connectivity index (χ0) is 13.1. The van der Waals surface area contributed by atoms with Crippen molar-refractivity contribution in [2.45, 2.75) is 26.5 Å². The SMILES string of the molecule is COCc1ccccc1-c1nc(C)c(C(C)N)s1. The smallest absolute Gasteiger partial charge is 0.124 e. The first-order chi connectivity index (χ1) is 8.63. The maximum Gasteiger partial charge on any atom is 0.124 e. The summed E-state index contributed by atoms with van der Waals surface area (Å²) in [5.41, 5.74) is 9.27. The lowest BCUT2D eigenvalue weighted by atomic mass is 10.1. The van der Waals surface area contributed by atoms with E-state index < -0.39 is 0 Å². The van der Waals surface area contributed by atoms with E-state index in [0.29, 0.717) is 6.61 Å². The van der Waals surface area contributed by atoms with E-state index in [0.717, 1.165) is 26.7 Å². The molecule has 2 rings (SSSR count). The minimum Gasteiger partial charge on any atom is -0.380 e. The molecular weight excluding hydrogens is 244 g/mol. The van der Waals surface area contributed by atoms with Crippen LogP contribution in [0, 0.1) is 6.92 Å². The van der Waals surface area contributed by atoms with Crippen molar-refractivity contribution in [1.82, 2.24) is 4.98 Å². The van der Waals surface area contributed by atoms with E-state index in [1.165, 1.54) is 0 Å². The summed E-state index contributed by atoms with van der Waals surface area (Å²) >= 11 is 1.67. The highest BCUT2D eigenvalue weighted by atomic mass is 32.1. The summed E-state index contributed by atoms with van der Waals surface area (Å²) in [7, 11) is 1.71. The average molecular weight is 262 g/mol. The van der Waals surface area contributed by atoms with Crippen LogP contribution in [0.3, 0.4) is 0 Å². The molecule has 0 spiro atoms. The van der Waals surface area contributed by atoms with Gasteiger partial charge in [0.05, 0.1) is 12.3 Å². The van der Waals surface area contributed by atoms with Crippen molar-refractivity contribution >= 4 is 11.3 Å². The Balaban J connectivity index is 2.45. The lowest BCUT2D eigenvalue weighted by molar-refractivity contribution is 0.185. The van der Waals surface area contributed by atoms with E-state index in [9.17, 15) is 0 Å². The second-order valence-electron chi connectivity index (χ2n) is 4.35. The summed E-state index contributed by atoms with van der Waals surface area (Å²) in [6, 6.07) is 8.23. The topological polar surface area (TPSA) is 48.1 Å². The Morgan fingerprint density at radius 3 is 2.72 bits per heavy atom. The molecule has 0 saturated heterocycles. The maximum absolute atomic E-state index is 5.95. The van der Waals surface area contributed by atoms with Crippen LogP contribution in [0.2, 0.25) is 0 Å². The Morgan fingerprint density at radius 1 is 1.39 bits per heavy atom. The van der Waals surface area contributed by atoms with Crippen molar-refractivity contribution in [2.75, 3.05) is 7.11 Å². The van der Waals surface area contributed by atoms with Gasteiger partial charge in [0.1, 0.15) is 5.01 Å². The van der Waals surface area contributed by atoms with Gasteiger partial charge >= 0.3 is 0 Å². The quantitative estimate of drug-likeness (QED) is 0.919. The largest absolute Gasteiger partial charge is 0.380 e. The molecule has 3 nitrogen and oxygen atoms in total. The summed E-state index contributed by atoms with van der Waals surface area (Å²) in [5, 5.41) is 1.02. The first kappa shape index (κ1) is 13.2. The minimum atomic E-state index is 0.0332. The highest BCUT2D eigenvalue weighted by Gasteiger charge is 2.14. The van der Waals surface area contributed by atoms with Crippen molar-refractivity contribution in [1.29, 1.82) is 0 Å². The highest BCUT2D eigenvalue weighted by Crippen LogP contribution is 2.32. The molecule has 1 unspecified atom stereocenters. The number of benzene rings is 1. The predicted molar refractivity (Wildman–Crippen MR) is 75.6 cm³/mol. The lowest BCUT2D eigenvalue weighted by Gasteiger charge is -2.05. The predicted octanol–water partition coefficient (Wildman–Crippen LogP) is 3.28. The molecule has 1 aromatic heterocycles. The molecule has 4 heteroatoms. The minimum absolute atomic E-state index is 0.0332. The molecule has 0 bridgehead atoms. The van der Waals surface area contributed by atoms with E-state index in [1.807, 2.05) is 26.0 Å². The number of thiazole rings is 1. The Labute approximate surface area is 112 Å². The van der Waals surface area contributed by atoms with Gasteiger partial charge < -0.3 is 10.5 Å². The Bertz CT molecular complexity index is 534. The fourth-order valence-corrected chi connectivity index (χ4v) is 3.04. The van der Waals surface area contributed by atoms with Gasteiger partial charge in [0, 0.05) is 23.6 Å². The van der Waals surface area contributed by atoms with Crippen molar-refractivity contribution in [2.24, 2.45) is 5.73 Å². The van der Waals surface area contributed by atoms with E-state index in [-0.39, 0.29) is 6.04 Å². The average Bonchev–Trinajstić information content (AvgIpc) is 2.72. The summed E-state index contributed by atoms with van der Waals surface area (Å²) < 4.78 is 5.23. The fourth-order valence-electron chi connectivity index (χ4n) is 1.96. The molecule has 0 amide bonds. The second kappa shape index (κ2) is 5.61. The van der Waals surface area contributed by atoms with E-state index in [2.05, 4.69) is 17.1 Å². The van der Waals surface area contributed by atoms with Gasteiger partial charge in [-0.1, -0.05) is 24.3 Å². The van der Waals surface area contributed by atoms with Gasteiger partial charge in [-0.05, 0) is 19.4 Å². The monoisotopic (exact) mass is 262 g/mol. The molecule has 0 aliphatic rings. The summed E-state index contributed by atoms with van der Waals surface area (Å²) in [4.78, 5) is 5.78. The van der Waals surface area contributed by atoms with Gasteiger partial charge in [-0.15, -0.1) is 11.3 Å². The zero-order valence-corrected chi connectivity index (χ0v) is 11.8. The van der Waals surface area contributed by atoms with Crippen LogP contribution < -0.4 is 5.73 Å². The molecule has 1 heterocycles. The molecule has 2 N–H and O–H groups in total. The van der Waals surface area contributed by atoms with Crippen molar-refractivity contribution < 1.29 is 4.74 Å². The number of hydrogen-bond acceptors (Lipinski definition) is 4. The Morgan fingerprint density at radius 2 is 2.11 bits per heavy atom. The fraction of sp³-hybridized carbons (Fsp3) is 0.357. The highest BCUT2D eigenvalue weighted by molar-refractivity contribution is 7.15. The third kappa shape index (κ3) is 2.61. The maximum atomic E-state index is 5.95. The first-order valence-electron chi connectivity index (χ1n) is 5.93. The molecule has 0 saturated carbocycles. The standard InChI is InChI=1S/C14H18N2OS/c1-9(15)13-10(2)16-14(18-13)12-7-5-4-6-11(12)8-17-3/h4-7,9H,8,15H2,1-3H3. The molecule has 0 fully saturated rings. The van der Waals surface area contributed by atoms with Crippen molar-refractivity contribution in [3.05, 3.63) is 40.4 Å². The molecule has 1 aromatic carbocycles. The van der Waals surface area contributed by atoms with Crippen LogP contribution in [0.5, 0.6) is 0 Å². The van der Waals surface area contributed by atoms with Crippen LogP contribution in [0.15, 0.2) is 24.3 Å². The molecular formula is C14H18N2OS. The molecule has 0 aliphatic heterocycles. The molecule has 1 atom stereocenters. The number of methoxy groups -OCH3 is 1.